The van der Waals surface area contributed by atoms with E-state index in [9.17, 15) is 9.90 Å². The summed E-state index contributed by atoms with van der Waals surface area (Å²) < 4.78 is 6.66. The first kappa shape index (κ1) is 14.6. The second-order valence-corrected chi connectivity index (χ2v) is 5.11. The number of benzene rings is 2. The molecule has 0 aliphatic carbocycles. The summed E-state index contributed by atoms with van der Waals surface area (Å²) in [5.74, 6) is 0.910. The average Bonchev–Trinajstić information content (AvgIpc) is 2.42. The van der Waals surface area contributed by atoms with Gasteiger partial charge >= 0.3 is 0 Å². The fraction of sp³-hybridized carbons (Fsp3) is 0.133. The molecule has 0 heterocycles. The maximum atomic E-state index is 11.2. The first-order valence-electron chi connectivity index (χ1n) is 6.04. The third kappa shape index (κ3) is 3.59. The monoisotopic (exact) mass is 335 g/mol. The normalized spacial score (nSPS) is 10.2. The number of carbonyl (C=O) groups excluding carboxylic acids is 1. The van der Waals surface area contributed by atoms with Crippen molar-refractivity contribution in [3.05, 3.63) is 52.5 Å². The molecule has 1 amide bonds. The Morgan fingerprint density at radius 1 is 1.25 bits per heavy atom. The molecule has 0 bridgehead atoms. The highest BCUT2D eigenvalue weighted by molar-refractivity contribution is 9.10. The molecule has 2 N–H and O–H groups in total. The fourth-order valence-electron chi connectivity index (χ4n) is 1.74. The van der Waals surface area contributed by atoms with Crippen LogP contribution >= 0.6 is 15.9 Å². The van der Waals surface area contributed by atoms with Gasteiger partial charge in [-0.15, -0.1) is 0 Å². The van der Waals surface area contributed by atoms with E-state index in [1.54, 1.807) is 24.3 Å². The van der Waals surface area contributed by atoms with E-state index in [0.717, 1.165) is 4.47 Å². The number of hydrogen-bond acceptors (Lipinski definition) is 3. The summed E-state index contributed by atoms with van der Waals surface area (Å²) in [5.41, 5.74) is 1.25. The standard InChI is InChI=1S/C15H14BrNO3/c1-10(19)17-13-4-2-3-5-15(13)20-14-7-6-12(16)8-11(14)9-18/h2-8,18H,9H2,1H3,(H,17,19). The van der Waals surface area contributed by atoms with Crippen molar-refractivity contribution in [3.63, 3.8) is 0 Å². The van der Waals surface area contributed by atoms with Gasteiger partial charge in [0.05, 0.1) is 12.3 Å². The predicted molar refractivity (Wildman–Crippen MR) is 80.9 cm³/mol. The van der Waals surface area contributed by atoms with Crippen LogP contribution in [0.4, 0.5) is 5.69 Å². The van der Waals surface area contributed by atoms with E-state index < -0.39 is 0 Å². The maximum absolute atomic E-state index is 11.2. The van der Waals surface area contributed by atoms with Crippen LogP contribution in [0.1, 0.15) is 12.5 Å². The van der Waals surface area contributed by atoms with E-state index in [1.165, 1.54) is 6.92 Å². The predicted octanol–water partition coefficient (Wildman–Crippen LogP) is 3.69. The number of amides is 1. The highest BCUT2D eigenvalue weighted by Crippen LogP contribution is 2.32. The van der Waals surface area contributed by atoms with Crippen molar-refractivity contribution in [3.8, 4) is 11.5 Å². The first-order valence-corrected chi connectivity index (χ1v) is 6.83. The summed E-state index contributed by atoms with van der Waals surface area (Å²) in [6.07, 6.45) is 0. The number of aliphatic hydroxyl groups excluding tert-OH is 1. The van der Waals surface area contributed by atoms with Crippen LogP contribution in [0, 0.1) is 0 Å². The lowest BCUT2D eigenvalue weighted by Gasteiger charge is -2.13. The Bertz CT molecular complexity index is 628. The van der Waals surface area contributed by atoms with Gasteiger partial charge in [0.2, 0.25) is 5.91 Å². The lowest BCUT2D eigenvalue weighted by molar-refractivity contribution is -0.114. The van der Waals surface area contributed by atoms with Gasteiger partial charge in [0.15, 0.2) is 5.75 Å². The molecule has 0 unspecified atom stereocenters. The average molecular weight is 336 g/mol. The number of aliphatic hydroxyl groups is 1. The maximum Gasteiger partial charge on any atom is 0.221 e. The van der Waals surface area contributed by atoms with Crippen LogP contribution in [0.2, 0.25) is 0 Å². The summed E-state index contributed by atoms with van der Waals surface area (Å²) in [6.45, 7) is 1.31. The Morgan fingerprint density at radius 3 is 2.70 bits per heavy atom. The molecule has 0 radical (unpaired) electrons. The Labute approximate surface area is 125 Å². The number of para-hydroxylation sites is 2. The molecule has 0 aromatic heterocycles. The Balaban J connectivity index is 2.32. The molecule has 4 nitrogen and oxygen atoms in total. The molecular weight excluding hydrogens is 322 g/mol. The van der Waals surface area contributed by atoms with Gasteiger partial charge in [0.25, 0.3) is 0 Å². The minimum atomic E-state index is -0.167. The minimum Gasteiger partial charge on any atom is -0.455 e. The van der Waals surface area contributed by atoms with E-state index in [-0.39, 0.29) is 12.5 Å². The van der Waals surface area contributed by atoms with Gasteiger partial charge in [-0.2, -0.15) is 0 Å². The SMILES string of the molecule is CC(=O)Nc1ccccc1Oc1ccc(Br)cc1CO. The van der Waals surface area contributed by atoms with Crippen molar-refractivity contribution in [1.29, 1.82) is 0 Å². The van der Waals surface area contributed by atoms with Gasteiger partial charge in [-0.1, -0.05) is 28.1 Å². The molecule has 2 aromatic carbocycles. The van der Waals surface area contributed by atoms with Crippen LogP contribution in [0.25, 0.3) is 0 Å². The number of anilines is 1. The van der Waals surface area contributed by atoms with Gasteiger partial charge in [-0.25, -0.2) is 0 Å². The summed E-state index contributed by atoms with van der Waals surface area (Å²) in [7, 11) is 0. The van der Waals surface area contributed by atoms with Gasteiger partial charge in [0, 0.05) is 17.0 Å². The largest absolute Gasteiger partial charge is 0.455 e. The zero-order valence-electron chi connectivity index (χ0n) is 10.9. The van der Waals surface area contributed by atoms with Crippen LogP contribution < -0.4 is 10.1 Å². The number of carbonyl (C=O) groups is 1. The molecule has 0 aliphatic heterocycles. The van der Waals surface area contributed by atoms with E-state index >= 15 is 0 Å². The molecule has 0 fully saturated rings. The van der Waals surface area contributed by atoms with Crippen molar-refractivity contribution < 1.29 is 14.6 Å². The molecule has 0 atom stereocenters. The van der Waals surface area contributed by atoms with Gasteiger partial charge < -0.3 is 15.2 Å². The highest BCUT2D eigenvalue weighted by atomic mass is 79.9. The second-order valence-electron chi connectivity index (χ2n) is 4.19. The van der Waals surface area contributed by atoms with Crippen LogP contribution in [-0.4, -0.2) is 11.0 Å². The topological polar surface area (TPSA) is 58.6 Å². The van der Waals surface area contributed by atoms with Crippen molar-refractivity contribution in [2.45, 2.75) is 13.5 Å². The van der Waals surface area contributed by atoms with E-state index in [2.05, 4.69) is 21.2 Å². The quantitative estimate of drug-likeness (QED) is 0.895. The van der Waals surface area contributed by atoms with Crippen LogP contribution in [0.5, 0.6) is 11.5 Å². The Hall–Kier alpha value is -1.85. The summed E-state index contributed by atoms with van der Waals surface area (Å²) in [6, 6.07) is 12.5. The van der Waals surface area contributed by atoms with Gasteiger partial charge in [-0.05, 0) is 30.3 Å². The van der Waals surface area contributed by atoms with E-state index in [0.29, 0.717) is 22.7 Å². The number of rotatable bonds is 4. The lowest BCUT2D eigenvalue weighted by Crippen LogP contribution is -2.07. The third-order valence-electron chi connectivity index (χ3n) is 2.61. The molecule has 2 aromatic rings. The third-order valence-corrected chi connectivity index (χ3v) is 3.10. The number of nitrogens with one attached hydrogen (secondary N) is 1. The second kappa shape index (κ2) is 6.54. The van der Waals surface area contributed by atoms with Crippen molar-refractivity contribution in [1.82, 2.24) is 0 Å². The molecule has 0 aliphatic rings. The molecule has 104 valence electrons. The summed E-state index contributed by atoms with van der Waals surface area (Å²) in [5, 5.41) is 12.1. The molecule has 5 heteroatoms. The molecule has 0 saturated carbocycles. The summed E-state index contributed by atoms with van der Waals surface area (Å²) in [4.78, 5) is 11.2. The van der Waals surface area contributed by atoms with Gasteiger partial charge in [-0.3, -0.25) is 4.79 Å². The fourth-order valence-corrected chi connectivity index (χ4v) is 2.15. The smallest absolute Gasteiger partial charge is 0.221 e. The number of ether oxygens (including phenoxy) is 1. The van der Waals surface area contributed by atoms with Gasteiger partial charge in [0.1, 0.15) is 5.75 Å². The number of hydrogen-bond donors (Lipinski definition) is 2. The van der Waals surface area contributed by atoms with Crippen molar-refractivity contribution in [2.75, 3.05) is 5.32 Å². The van der Waals surface area contributed by atoms with Crippen LogP contribution in [0.3, 0.4) is 0 Å². The molecular formula is C15H14BrNO3. The minimum absolute atomic E-state index is 0.128. The highest BCUT2D eigenvalue weighted by Gasteiger charge is 2.09. The van der Waals surface area contributed by atoms with Crippen LogP contribution in [-0.2, 0) is 11.4 Å². The first-order chi connectivity index (χ1) is 9.60. The van der Waals surface area contributed by atoms with Crippen molar-refractivity contribution in [2.24, 2.45) is 0 Å². The lowest BCUT2D eigenvalue weighted by atomic mass is 10.2. The Kier molecular flexibility index (Phi) is 4.76. The summed E-state index contributed by atoms with van der Waals surface area (Å²) >= 11 is 3.35. The zero-order chi connectivity index (χ0) is 14.5. The van der Waals surface area contributed by atoms with Crippen molar-refractivity contribution >= 4 is 27.5 Å². The Morgan fingerprint density at radius 2 is 2.00 bits per heavy atom. The molecule has 0 saturated heterocycles. The zero-order valence-corrected chi connectivity index (χ0v) is 12.5. The van der Waals surface area contributed by atoms with Crippen LogP contribution in [0.15, 0.2) is 46.9 Å². The van der Waals surface area contributed by atoms with E-state index in [4.69, 9.17) is 4.74 Å². The van der Waals surface area contributed by atoms with E-state index in [1.807, 2.05) is 18.2 Å². The molecule has 2 rings (SSSR count). The molecule has 0 spiro atoms. The number of halogens is 1. The molecule has 20 heavy (non-hydrogen) atoms.